The number of hydrogen-bond donors (Lipinski definition) is 2. The Morgan fingerprint density at radius 1 is 1.29 bits per heavy atom. The molecule has 1 fully saturated rings. The molecule has 116 valence electrons. The van der Waals surface area contributed by atoms with Gasteiger partial charge in [0.15, 0.2) is 0 Å². The average Bonchev–Trinajstić information content (AvgIpc) is 2.45. The molecule has 2 N–H and O–H groups in total. The minimum absolute atomic E-state index is 0.147. The van der Waals surface area contributed by atoms with Crippen molar-refractivity contribution in [2.24, 2.45) is 11.8 Å². The normalized spacial score (nSPS) is 22.9. The molecule has 1 aliphatic carbocycles. The Morgan fingerprint density at radius 3 is 2.52 bits per heavy atom. The van der Waals surface area contributed by atoms with Crippen LogP contribution in [0, 0.1) is 11.8 Å². The zero-order chi connectivity index (χ0) is 15.5. The first-order valence-electron chi connectivity index (χ1n) is 6.86. The van der Waals surface area contributed by atoms with Crippen molar-refractivity contribution in [3.05, 3.63) is 29.3 Å². The summed E-state index contributed by atoms with van der Waals surface area (Å²) in [5, 5.41) is 9.31. The van der Waals surface area contributed by atoms with Crippen molar-refractivity contribution in [3.63, 3.8) is 0 Å². The maximum atomic E-state index is 12.1. The second kappa shape index (κ2) is 6.77. The topological polar surface area (TPSA) is 83.5 Å². The van der Waals surface area contributed by atoms with Crippen molar-refractivity contribution in [1.82, 2.24) is 4.72 Å². The third-order valence-corrected chi connectivity index (χ3v) is 5.52. The summed E-state index contributed by atoms with van der Waals surface area (Å²) in [7, 11) is -3.56. The maximum absolute atomic E-state index is 12.1. The smallest absolute Gasteiger partial charge is 0.306 e. The lowest BCUT2D eigenvalue weighted by Crippen LogP contribution is -2.32. The standard InChI is InChI=1S/C14H18ClNO4S/c15-12-2-1-3-13(8-12)21(19,20)16-9-10-4-6-11(7-5-10)14(17)18/h1-3,8,10-11,16H,4-7,9H2,(H,17,18). The van der Waals surface area contributed by atoms with Gasteiger partial charge in [-0.1, -0.05) is 17.7 Å². The van der Waals surface area contributed by atoms with Crippen LogP contribution in [0.4, 0.5) is 0 Å². The fraction of sp³-hybridized carbons (Fsp3) is 0.500. The molecule has 1 saturated carbocycles. The van der Waals surface area contributed by atoms with Crippen LogP contribution in [0.2, 0.25) is 5.02 Å². The number of sulfonamides is 1. The molecule has 0 bridgehead atoms. The summed E-state index contributed by atoms with van der Waals surface area (Å²) in [5.41, 5.74) is 0. The summed E-state index contributed by atoms with van der Waals surface area (Å²) in [4.78, 5) is 11.0. The molecule has 21 heavy (non-hydrogen) atoms. The van der Waals surface area contributed by atoms with E-state index in [2.05, 4.69) is 4.72 Å². The van der Waals surface area contributed by atoms with E-state index in [4.69, 9.17) is 16.7 Å². The van der Waals surface area contributed by atoms with E-state index in [0.717, 1.165) is 12.8 Å². The molecule has 0 spiro atoms. The Bertz CT molecular complexity index is 609. The predicted octanol–water partition coefficient (Wildman–Crippen LogP) is 2.51. The number of halogens is 1. The number of nitrogens with one attached hydrogen (secondary N) is 1. The first-order chi connectivity index (χ1) is 9.88. The van der Waals surface area contributed by atoms with E-state index in [1.165, 1.54) is 12.1 Å². The molecule has 1 aliphatic rings. The van der Waals surface area contributed by atoms with Crippen LogP contribution in [0.1, 0.15) is 25.7 Å². The summed E-state index contributed by atoms with van der Waals surface area (Å²) in [6.45, 7) is 0.335. The number of carboxylic acids is 1. The molecule has 0 aliphatic heterocycles. The Hall–Kier alpha value is -1.11. The molecule has 1 aromatic carbocycles. The van der Waals surface area contributed by atoms with Crippen LogP contribution in [0.25, 0.3) is 0 Å². The van der Waals surface area contributed by atoms with Crippen LogP contribution in [0.5, 0.6) is 0 Å². The van der Waals surface area contributed by atoms with E-state index < -0.39 is 16.0 Å². The predicted molar refractivity (Wildman–Crippen MR) is 79.7 cm³/mol. The zero-order valence-electron chi connectivity index (χ0n) is 11.5. The van der Waals surface area contributed by atoms with Gasteiger partial charge in [0, 0.05) is 11.6 Å². The Labute approximate surface area is 129 Å². The quantitative estimate of drug-likeness (QED) is 0.868. The summed E-state index contributed by atoms with van der Waals surface area (Å²) < 4.78 is 26.9. The van der Waals surface area contributed by atoms with Gasteiger partial charge in [0.25, 0.3) is 0 Å². The summed E-state index contributed by atoms with van der Waals surface area (Å²) >= 11 is 5.80. The molecule has 1 aromatic rings. The Balaban J connectivity index is 1.90. The number of benzene rings is 1. The van der Waals surface area contributed by atoms with Crippen molar-refractivity contribution >= 4 is 27.6 Å². The van der Waals surface area contributed by atoms with Crippen molar-refractivity contribution in [3.8, 4) is 0 Å². The van der Waals surface area contributed by atoms with Gasteiger partial charge < -0.3 is 5.11 Å². The van der Waals surface area contributed by atoms with Crippen molar-refractivity contribution < 1.29 is 18.3 Å². The largest absolute Gasteiger partial charge is 0.481 e. The number of aliphatic carboxylic acids is 1. The molecular weight excluding hydrogens is 314 g/mol. The van der Waals surface area contributed by atoms with Crippen LogP contribution in [0.3, 0.4) is 0 Å². The van der Waals surface area contributed by atoms with E-state index in [-0.39, 0.29) is 16.7 Å². The highest BCUT2D eigenvalue weighted by Gasteiger charge is 2.26. The van der Waals surface area contributed by atoms with E-state index >= 15 is 0 Å². The molecule has 0 atom stereocenters. The van der Waals surface area contributed by atoms with Gasteiger partial charge in [-0.2, -0.15) is 0 Å². The molecule has 0 radical (unpaired) electrons. The maximum Gasteiger partial charge on any atom is 0.306 e. The number of carbonyl (C=O) groups is 1. The molecule has 0 saturated heterocycles. The third-order valence-electron chi connectivity index (χ3n) is 3.86. The van der Waals surface area contributed by atoms with E-state index in [1.807, 2.05) is 0 Å². The van der Waals surface area contributed by atoms with Gasteiger partial charge in [-0.05, 0) is 49.8 Å². The number of rotatable bonds is 5. The fourth-order valence-corrected chi connectivity index (χ4v) is 3.98. The van der Waals surface area contributed by atoms with Gasteiger partial charge >= 0.3 is 5.97 Å². The lowest BCUT2D eigenvalue weighted by molar-refractivity contribution is -0.143. The van der Waals surface area contributed by atoms with Crippen LogP contribution in [-0.2, 0) is 14.8 Å². The van der Waals surface area contributed by atoms with Crippen LogP contribution in [-0.4, -0.2) is 26.0 Å². The van der Waals surface area contributed by atoms with Gasteiger partial charge in [0.05, 0.1) is 10.8 Å². The lowest BCUT2D eigenvalue weighted by Gasteiger charge is -2.26. The SMILES string of the molecule is O=C(O)C1CCC(CNS(=O)(=O)c2cccc(Cl)c2)CC1. The zero-order valence-corrected chi connectivity index (χ0v) is 13.0. The molecule has 5 nitrogen and oxygen atoms in total. The monoisotopic (exact) mass is 331 g/mol. The van der Waals surface area contributed by atoms with Gasteiger partial charge in [-0.15, -0.1) is 0 Å². The molecular formula is C14H18ClNO4S. The highest BCUT2D eigenvalue weighted by Crippen LogP contribution is 2.28. The van der Waals surface area contributed by atoms with Crippen molar-refractivity contribution in [2.75, 3.05) is 6.54 Å². The average molecular weight is 332 g/mol. The second-order valence-electron chi connectivity index (χ2n) is 5.37. The van der Waals surface area contributed by atoms with Crippen LogP contribution < -0.4 is 4.72 Å². The summed E-state index contributed by atoms with van der Waals surface area (Å²) in [6.07, 6.45) is 2.68. The minimum Gasteiger partial charge on any atom is -0.481 e. The highest BCUT2D eigenvalue weighted by atomic mass is 35.5. The molecule has 7 heteroatoms. The van der Waals surface area contributed by atoms with Crippen LogP contribution in [0.15, 0.2) is 29.2 Å². The molecule has 0 heterocycles. The van der Waals surface area contributed by atoms with E-state index in [0.29, 0.717) is 24.4 Å². The van der Waals surface area contributed by atoms with Gasteiger partial charge in [0.2, 0.25) is 10.0 Å². The van der Waals surface area contributed by atoms with Crippen molar-refractivity contribution in [1.29, 1.82) is 0 Å². The lowest BCUT2D eigenvalue weighted by atomic mass is 9.82. The third kappa shape index (κ3) is 4.43. The fourth-order valence-electron chi connectivity index (χ4n) is 2.56. The highest BCUT2D eigenvalue weighted by molar-refractivity contribution is 7.89. The summed E-state index contributed by atoms with van der Waals surface area (Å²) in [5.74, 6) is -0.853. The van der Waals surface area contributed by atoms with E-state index in [1.54, 1.807) is 12.1 Å². The first kappa shape index (κ1) is 16.3. The van der Waals surface area contributed by atoms with Crippen molar-refractivity contribution in [2.45, 2.75) is 30.6 Å². The second-order valence-corrected chi connectivity index (χ2v) is 7.57. The van der Waals surface area contributed by atoms with Gasteiger partial charge in [0.1, 0.15) is 0 Å². The molecule has 0 unspecified atom stereocenters. The van der Waals surface area contributed by atoms with Crippen LogP contribution >= 0.6 is 11.6 Å². The number of carboxylic acid groups (broad SMARTS) is 1. The minimum atomic E-state index is -3.56. The molecule has 2 rings (SSSR count). The van der Waals surface area contributed by atoms with Gasteiger partial charge in [-0.3, -0.25) is 4.79 Å². The Morgan fingerprint density at radius 2 is 1.95 bits per heavy atom. The van der Waals surface area contributed by atoms with Gasteiger partial charge in [-0.25, -0.2) is 13.1 Å². The molecule has 0 aromatic heterocycles. The Kier molecular flexibility index (Phi) is 5.24. The summed E-state index contributed by atoms with van der Waals surface area (Å²) in [6, 6.07) is 6.11. The molecule has 0 amide bonds. The first-order valence-corrected chi connectivity index (χ1v) is 8.72. The van der Waals surface area contributed by atoms with E-state index in [9.17, 15) is 13.2 Å². The number of hydrogen-bond acceptors (Lipinski definition) is 3.